The van der Waals surface area contributed by atoms with Crippen LogP contribution in [-0.2, 0) is 0 Å². The normalized spacial score (nSPS) is 18.0. The molecule has 0 bridgehead atoms. The number of aromatic amines is 1. The van der Waals surface area contributed by atoms with Gasteiger partial charge in [0.05, 0.1) is 23.7 Å². The van der Waals surface area contributed by atoms with E-state index in [1.807, 2.05) is 30.3 Å². The SMILES string of the molecule is CCCN1c2cc(OC)c(/C=C(\C#N)c3nc4ccccc4[nH]3)cc2C(C)CC1(C)C. The highest BCUT2D eigenvalue weighted by Gasteiger charge is 2.36. The van der Waals surface area contributed by atoms with Crippen molar-refractivity contribution in [2.45, 2.75) is 52.0 Å². The molecule has 2 heterocycles. The fraction of sp³-hybridized carbons (Fsp3) is 0.385. The second-order valence-electron chi connectivity index (χ2n) is 8.99. The molecule has 1 aliphatic rings. The van der Waals surface area contributed by atoms with Crippen LogP contribution in [0.15, 0.2) is 36.4 Å². The number of H-pyrrole nitrogens is 1. The van der Waals surface area contributed by atoms with Gasteiger partial charge in [0.15, 0.2) is 0 Å². The number of hydrogen-bond acceptors (Lipinski definition) is 4. The summed E-state index contributed by atoms with van der Waals surface area (Å²) in [5, 5.41) is 9.87. The molecule has 3 aromatic rings. The van der Waals surface area contributed by atoms with Gasteiger partial charge in [-0.1, -0.05) is 26.0 Å². The molecular formula is C26H30N4O. The van der Waals surface area contributed by atoms with Crippen LogP contribution in [0.25, 0.3) is 22.7 Å². The number of rotatable bonds is 5. The van der Waals surface area contributed by atoms with Crippen molar-refractivity contribution in [3.63, 3.8) is 0 Å². The Morgan fingerprint density at radius 1 is 1.35 bits per heavy atom. The summed E-state index contributed by atoms with van der Waals surface area (Å²) in [6.45, 7) is 10.1. The van der Waals surface area contributed by atoms with E-state index in [1.54, 1.807) is 7.11 Å². The highest BCUT2D eigenvalue weighted by Crippen LogP contribution is 2.46. The number of fused-ring (bicyclic) bond motifs is 2. The Balaban J connectivity index is 1.83. The number of allylic oxidation sites excluding steroid dienone is 1. The molecule has 0 spiro atoms. The number of para-hydroxylation sites is 2. The van der Waals surface area contributed by atoms with Gasteiger partial charge in [0, 0.05) is 29.4 Å². The Labute approximate surface area is 184 Å². The third kappa shape index (κ3) is 3.79. The Hall–Kier alpha value is -3.26. The molecule has 160 valence electrons. The van der Waals surface area contributed by atoms with Crippen LogP contribution in [0.4, 0.5) is 5.69 Å². The maximum Gasteiger partial charge on any atom is 0.149 e. The summed E-state index contributed by atoms with van der Waals surface area (Å²) in [6, 6.07) is 14.5. The third-order valence-electron chi connectivity index (χ3n) is 6.25. The van der Waals surface area contributed by atoms with Crippen molar-refractivity contribution >= 4 is 28.4 Å². The maximum absolute atomic E-state index is 9.87. The minimum Gasteiger partial charge on any atom is -0.496 e. The molecule has 0 aliphatic carbocycles. The molecule has 1 N–H and O–H groups in total. The fourth-order valence-electron chi connectivity index (χ4n) is 4.85. The highest BCUT2D eigenvalue weighted by molar-refractivity contribution is 5.91. The van der Waals surface area contributed by atoms with E-state index in [-0.39, 0.29) is 5.54 Å². The van der Waals surface area contributed by atoms with Crippen LogP contribution in [0.5, 0.6) is 5.75 Å². The smallest absolute Gasteiger partial charge is 0.149 e. The largest absolute Gasteiger partial charge is 0.496 e. The van der Waals surface area contributed by atoms with Crippen LogP contribution in [0.2, 0.25) is 0 Å². The first-order valence-corrected chi connectivity index (χ1v) is 10.9. The van der Waals surface area contributed by atoms with Crippen molar-refractivity contribution in [2.75, 3.05) is 18.6 Å². The molecule has 1 unspecified atom stereocenters. The summed E-state index contributed by atoms with van der Waals surface area (Å²) in [7, 11) is 1.69. The summed E-state index contributed by atoms with van der Waals surface area (Å²) in [5.74, 6) is 1.77. The van der Waals surface area contributed by atoms with Gasteiger partial charge in [-0.2, -0.15) is 5.26 Å². The Morgan fingerprint density at radius 3 is 2.81 bits per heavy atom. The van der Waals surface area contributed by atoms with Gasteiger partial charge in [-0.05, 0) is 62.4 Å². The number of nitrogens with zero attached hydrogens (tertiary/aromatic N) is 3. The number of imidazole rings is 1. The van der Waals surface area contributed by atoms with E-state index in [0.29, 0.717) is 17.3 Å². The maximum atomic E-state index is 9.87. The molecule has 1 aliphatic heterocycles. The lowest BCUT2D eigenvalue weighted by Gasteiger charge is -2.47. The second-order valence-corrected chi connectivity index (χ2v) is 8.99. The van der Waals surface area contributed by atoms with Crippen LogP contribution in [0.1, 0.15) is 63.4 Å². The van der Waals surface area contributed by atoms with Crippen LogP contribution in [0.3, 0.4) is 0 Å². The van der Waals surface area contributed by atoms with E-state index in [4.69, 9.17) is 4.74 Å². The standard InChI is InChI=1S/C26H30N4O/c1-6-11-30-23-14-24(31-5)18(13-20(23)17(2)15-26(30,3)4)12-19(16-27)25-28-21-9-7-8-10-22(21)29-25/h7-10,12-14,17H,6,11,15H2,1-5H3,(H,28,29)/b19-12+. The van der Waals surface area contributed by atoms with E-state index in [0.717, 1.165) is 41.7 Å². The van der Waals surface area contributed by atoms with Crippen molar-refractivity contribution in [3.05, 3.63) is 53.3 Å². The highest BCUT2D eigenvalue weighted by atomic mass is 16.5. The van der Waals surface area contributed by atoms with Crippen LogP contribution in [-0.4, -0.2) is 29.2 Å². The molecule has 2 aromatic carbocycles. The van der Waals surface area contributed by atoms with E-state index >= 15 is 0 Å². The lowest BCUT2D eigenvalue weighted by atomic mass is 9.79. The molecule has 5 nitrogen and oxygen atoms in total. The number of nitrogens with one attached hydrogen (secondary N) is 1. The number of hydrogen-bond donors (Lipinski definition) is 1. The van der Waals surface area contributed by atoms with Gasteiger partial charge in [0.1, 0.15) is 17.6 Å². The first-order valence-electron chi connectivity index (χ1n) is 10.9. The van der Waals surface area contributed by atoms with Crippen molar-refractivity contribution in [3.8, 4) is 11.8 Å². The number of ether oxygens (including phenoxy) is 1. The third-order valence-corrected chi connectivity index (χ3v) is 6.25. The predicted octanol–water partition coefficient (Wildman–Crippen LogP) is 6.14. The molecule has 0 saturated carbocycles. The number of aromatic nitrogens is 2. The lowest BCUT2D eigenvalue weighted by molar-refractivity contribution is 0.372. The van der Waals surface area contributed by atoms with Gasteiger partial charge in [-0.3, -0.25) is 0 Å². The van der Waals surface area contributed by atoms with Crippen molar-refractivity contribution < 1.29 is 4.74 Å². The zero-order valence-electron chi connectivity index (χ0n) is 19.0. The Bertz CT molecular complexity index is 1150. The monoisotopic (exact) mass is 414 g/mol. The van der Waals surface area contributed by atoms with Gasteiger partial charge in [-0.25, -0.2) is 4.98 Å². The van der Waals surface area contributed by atoms with Gasteiger partial charge in [-0.15, -0.1) is 0 Å². The summed E-state index contributed by atoms with van der Waals surface area (Å²) in [5.41, 5.74) is 5.80. The number of methoxy groups -OCH3 is 1. The lowest BCUT2D eigenvalue weighted by Crippen LogP contribution is -2.48. The molecule has 0 fully saturated rings. The number of nitriles is 1. The summed E-state index contributed by atoms with van der Waals surface area (Å²) in [4.78, 5) is 10.4. The summed E-state index contributed by atoms with van der Waals surface area (Å²) >= 11 is 0. The first-order chi connectivity index (χ1) is 14.9. The molecule has 0 radical (unpaired) electrons. The zero-order valence-corrected chi connectivity index (χ0v) is 19.0. The molecule has 5 heteroatoms. The number of anilines is 1. The molecule has 31 heavy (non-hydrogen) atoms. The molecule has 4 rings (SSSR count). The minimum atomic E-state index is 0.0941. The average Bonchev–Trinajstić information content (AvgIpc) is 3.18. The molecule has 1 aromatic heterocycles. The second kappa shape index (κ2) is 8.11. The van der Waals surface area contributed by atoms with Crippen molar-refractivity contribution in [1.29, 1.82) is 5.26 Å². The van der Waals surface area contributed by atoms with Crippen LogP contribution < -0.4 is 9.64 Å². The topological polar surface area (TPSA) is 64.9 Å². The number of benzene rings is 2. The molecular weight excluding hydrogens is 384 g/mol. The summed E-state index contributed by atoms with van der Waals surface area (Å²) < 4.78 is 5.77. The molecule has 1 atom stereocenters. The van der Waals surface area contributed by atoms with E-state index in [1.165, 1.54) is 11.3 Å². The van der Waals surface area contributed by atoms with Crippen LogP contribution in [0, 0.1) is 11.3 Å². The first kappa shape index (κ1) is 21.0. The summed E-state index contributed by atoms with van der Waals surface area (Å²) in [6.07, 6.45) is 4.06. The predicted molar refractivity (Wildman–Crippen MR) is 127 cm³/mol. The van der Waals surface area contributed by atoms with E-state index in [9.17, 15) is 5.26 Å². The molecule has 0 saturated heterocycles. The fourth-order valence-corrected chi connectivity index (χ4v) is 4.85. The van der Waals surface area contributed by atoms with Gasteiger partial charge in [0.25, 0.3) is 0 Å². The minimum absolute atomic E-state index is 0.0941. The van der Waals surface area contributed by atoms with Gasteiger partial charge in [0.2, 0.25) is 0 Å². The van der Waals surface area contributed by atoms with Crippen LogP contribution >= 0.6 is 0 Å². The van der Waals surface area contributed by atoms with E-state index in [2.05, 4.69) is 60.8 Å². The Kier molecular flexibility index (Phi) is 5.49. The zero-order chi connectivity index (χ0) is 22.2. The quantitative estimate of drug-likeness (QED) is 0.510. The van der Waals surface area contributed by atoms with Crippen molar-refractivity contribution in [2.24, 2.45) is 0 Å². The molecule has 0 amide bonds. The van der Waals surface area contributed by atoms with Gasteiger partial charge < -0.3 is 14.6 Å². The Morgan fingerprint density at radius 2 is 2.13 bits per heavy atom. The van der Waals surface area contributed by atoms with Crippen molar-refractivity contribution in [1.82, 2.24) is 9.97 Å². The average molecular weight is 415 g/mol. The van der Waals surface area contributed by atoms with Gasteiger partial charge >= 0.3 is 0 Å². The van der Waals surface area contributed by atoms with E-state index < -0.39 is 0 Å².